The highest BCUT2D eigenvalue weighted by atomic mass is 16.5. The molecule has 0 unspecified atom stereocenters. The Bertz CT molecular complexity index is 1610. The van der Waals surface area contributed by atoms with Gasteiger partial charge in [0.2, 0.25) is 0 Å². The van der Waals surface area contributed by atoms with Crippen molar-refractivity contribution in [3.63, 3.8) is 0 Å². The van der Waals surface area contributed by atoms with Gasteiger partial charge < -0.3 is 19.8 Å². The van der Waals surface area contributed by atoms with E-state index in [9.17, 15) is 19.8 Å². The molecule has 1 amide bonds. The first kappa shape index (κ1) is 26.3. The molecule has 0 aliphatic carbocycles. The van der Waals surface area contributed by atoms with Crippen molar-refractivity contribution in [1.82, 2.24) is 0 Å². The minimum atomic E-state index is -0.484. The zero-order chi connectivity index (χ0) is 28.1. The highest BCUT2D eigenvalue weighted by Crippen LogP contribution is 2.26. The molecule has 0 radical (unpaired) electrons. The average molecular weight is 530 g/mol. The average Bonchev–Trinajstić information content (AvgIpc) is 2.99. The second kappa shape index (κ2) is 11.6. The number of carbonyl (C=O) groups is 2. The van der Waals surface area contributed by atoms with Crippen LogP contribution < -0.4 is 9.64 Å². The summed E-state index contributed by atoms with van der Waals surface area (Å²) in [6, 6.07) is 35.0. The fourth-order valence-electron chi connectivity index (χ4n) is 4.37. The van der Waals surface area contributed by atoms with E-state index in [1.165, 1.54) is 0 Å². The van der Waals surface area contributed by atoms with E-state index >= 15 is 0 Å². The molecule has 6 heteroatoms. The van der Waals surface area contributed by atoms with Gasteiger partial charge in [-0.05, 0) is 102 Å². The predicted octanol–water partition coefficient (Wildman–Crippen LogP) is 7.32. The van der Waals surface area contributed by atoms with Crippen LogP contribution in [0, 0.1) is 0 Å². The van der Waals surface area contributed by atoms with Crippen molar-refractivity contribution in [1.29, 1.82) is 0 Å². The van der Waals surface area contributed by atoms with E-state index in [4.69, 9.17) is 4.74 Å². The summed E-state index contributed by atoms with van der Waals surface area (Å²) in [6.07, 6.45) is 0. The fourth-order valence-corrected chi connectivity index (χ4v) is 4.37. The quantitative estimate of drug-likeness (QED) is 0.170. The van der Waals surface area contributed by atoms with E-state index in [2.05, 4.69) is 0 Å². The van der Waals surface area contributed by atoms with Gasteiger partial charge in [0.05, 0.1) is 5.56 Å². The van der Waals surface area contributed by atoms with Crippen LogP contribution in [0.3, 0.4) is 0 Å². The van der Waals surface area contributed by atoms with Crippen molar-refractivity contribution in [3.05, 3.63) is 132 Å². The first-order chi connectivity index (χ1) is 19.4. The van der Waals surface area contributed by atoms with Crippen LogP contribution in [0.4, 0.5) is 5.69 Å². The molecule has 0 aromatic heterocycles. The number of carbonyl (C=O) groups excluding carboxylic acids is 2. The van der Waals surface area contributed by atoms with Crippen LogP contribution in [0.25, 0.3) is 22.3 Å². The van der Waals surface area contributed by atoms with Gasteiger partial charge in [-0.25, -0.2) is 4.79 Å². The molecule has 0 fully saturated rings. The molecule has 0 saturated carbocycles. The van der Waals surface area contributed by atoms with Crippen molar-refractivity contribution in [2.45, 2.75) is 6.92 Å². The van der Waals surface area contributed by atoms with E-state index in [0.717, 1.165) is 22.3 Å². The zero-order valence-corrected chi connectivity index (χ0v) is 21.8. The smallest absolute Gasteiger partial charge is 0.343 e. The number of ether oxygens (including phenoxy) is 1. The number of aromatic hydroxyl groups is 2. The van der Waals surface area contributed by atoms with Crippen molar-refractivity contribution in [3.8, 4) is 39.5 Å². The molecule has 5 aromatic carbocycles. The Labute approximate surface area is 232 Å². The second-order valence-electron chi connectivity index (χ2n) is 9.18. The van der Waals surface area contributed by atoms with Crippen LogP contribution >= 0.6 is 0 Å². The molecule has 0 spiro atoms. The molecule has 0 atom stereocenters. The van der Waals surface area contributed by atoms with Gasteiger partial charge in [0, 0.05) is 17.8 Å². The standard InChI is InChI=1S/C34H27NO5/c1-2-35(33(38)27-7-3-23(4-8-27)25-11-17-30(36)18-12-25)29-15-21-32(22-16-29)40-34(39)28-9-5-24(6-10-28)26-13-19-31(37)20-14-26/h3-22,36-37H,2H2,1H3. The predicted molar refractivity (Wildman–Crippen MR) is 156 cm³/mol. The third kappa shape index (κ3) is 5.87. The van der Waals surface area contributed by atoms with Crippen LogP contribution in [0.5, 0.6) is 17.2 Å². The zero-order valence-electron chi connectivity index (χ0n) is 21.8. The Hall–Kier alpha value is -5.36. The minimum absolute atomic E-state index is 0.141. The van der Waals surface area contributed by atoms with Gasteiger partial charge in [-0.2, -0.15) is 0 Å². The number of anilines is 1. The normalized spacial score (nSPS) is 10.6. The van der Waals surface area contributed by atoms with Gasteiger partial charge in [-0.1, -0.05) is 48.5 Å². The van der Waals surface area contributed by atoms with Gasteiger partial charge in [-0.3, -0.25) is 4.79 Å². The summed E-state index contributed by atoms with van der Waals surface area (Å²) < 4.78 is 5.55. The Morgan fingerprint density at radius 1 is 0.575 bits per heavy atom. The van der Waals surface area contributed by atoms with Crippen molar-refractivity contribution in [2.75, 3.05) is 11.4 Å². The van der Waals surface area contributed by atoms with Crippen LogP contribution in [-0.4, -0.2) is 28.6 Å². The van der Waals surface area contributed by atoms with Crippen LogP contribution in [0.2, 0.25) is 0 Å². The molecule has 6 nitrogen and oxygen atoms in total. The second-order valence-corrected chi connectivity index (χ2v) is 9.18. The summed E-state index contributed by atoms with van der Waals surface area (Å²) in [4.78, 5) is 27.6. The molecule has 40 heavy (non-hydrogen) atoms. The van der Waals surface area contributed by atoms with E-state index < -0.39 is 5.97 Å². The lowest BCUT2D eigenvalue weighted by Crippen LogP contribution is -2.30. The first-order valence-electron chi connectivity index (χ1n) is 12.8. The maximum Gasteiger partial charge on any atom is 0.343 e. The van der Waals surface area contributed by atoms with E-state index in [-0.39, 0.29) is 17.4 Å². The molecule has 0 aliphatic rings. The van der Waals surface area contributed by atoms with Crippen LogP contribution in [-0.2, 0) is 0 Å². The molecule has 0 saturated heterocycles. The number of amides is 1. The summed E-state index contributed by atoms with van der Waals surface area (Å²) in [5.74, 6) is 0.149. The molecule has 0 bridgehead atoms. The molecular weight excluding hydrogens is 502 g/mol. The molecule has 2 N–H and O–H groups in total. The van der Waals surface area contributed by atoms with E-state index in [1.54, 1.807) is 89.8 Å². The lowest BCUT2D eigenvalue weighted by molar-refractivity contribution is 0.0734. The number of esters is 1. The molecule has 0 heterocycles. The molecule has 0 aliphatic heterocycles. The topological polar surface area (TPSA) is 87.1 Å². The number of rotatable bonds is 7. The number of hydrogen-bond acceptors (Lipinski definition) is 5. The van der Waals surface area contributed by atoms with Gasteiger partial charge in [0.15, 0.2) is 0 Å². The molecule has 5 aromatic rings. The number of phenolic OH excluding ortho intramolecular Hbond substituents is 2. The maximum atomic E-state index is 13.3. The summed E-state index contributed by atoms with van der Waals surface area (Å²) >= 11 is 0. The number of phenols is 2. The van der Waals surface area contributed by atoms with Gasteiger partial charge in [0.25, 0.3) is 5.91 Å². The van der Waals surface area contributed by atoms with Crippen LogP contribution in [0.15, 0.2) is 121 Å². The third-order valence-electron chi connectivity index (χ3n) is 6.57. The summed E-state index contributed by atoms with van der Waals surface area (Å²) in [7, 11) is 0. The lowest BCUT2D eigenvalue weighted by Gasteiger charge is -2.21. The Morgan fingerprint density at radius 2 is 0.975 bits per heavy atom. The molecule has 198 valence electrons. The van der Waals surface area contributed by atoms with Crippen molar-refractivity contribution >= 4 is 17.6 Å². The Balaban J connectivity index is 1.24. The first-order valence-corrected chi connectivity index (χ1v) is 12.8. The van der Waals surface area contributed by atoms with E-state index in [1.807, 2.05) is 43.3 Å². The van der Waals surface area contributed by atoms with Crippen molar-refractivity contribution in [2.24, 2.45) is 0 Å². The Morgan fingerprint density at radius 3 is 1.40 bits per heavy atom. The summed E-state index contributed by atoms with van der Waals surface area (Å²) in [5, 5.41) is 19.0. The van der Waals surface area contributed by atoms with Crippen molar-refractivity contribution < 1.29 is 24.5 Å². The van der Waals surface area contributed by atoms with Gasteiger partial charge in [0.1, 0.15) is 17.2 Å². The number of benzene rings is 5. The number of nitrogens with zero attached hydrogens (tertiary/aromatic N) is 1. The highest BCUT2D eigenvalue weighted by Gasteiger charge is 2.17. The summed E-state index contributed by atoms with van der Waals surface area (Å²) in [5.41, 5.74) is 5.39. The lowest BCUT2D eigenvalue weighted by atomic mass is 10.0. The Kier molecular flexibility index (Phi) is 7.60. The largest absolute Gasteiger partial charge is 0.508 e. The third-order valence-corrected chi connectivity index (χ3v) is 6.57. The highest BCUT2D eigenvalue weighted by molar-refractivity contribution is 6.06. The van der Waals surface area contributed by atoms with Crippen LogP contribution in [0.1, 0.15) is 27.6 Å². The molecular formula is C34H27NO5. The van der Waals surface area contributed by atoms with E-state index in [0.29, 0.717) is 29.1 Å². The van der Waals surface area contributed by atoms with Gasteiger partial charge >= 0.3 is 5.97 Å². The fraction of sp³-hybridized carbons (Fsp3) is 0.0588. The number of hydrogen-bond donors (Lipinski definition) is 2. The molecule has 5 rings (SSSR count). The maximum absolute atomic E-state index is 13.3. The summed E-state index contributed by atoms with van der Waals surface area (Å²) in [6.45, 7) is 2.36. The minimum Gasteiger partial charge on any atom is -0.508 e. The monoisotopic (exact) mass is 529 g/mol. The SMILES string of the molecule is CCN(C(=O)c1ccc(-c2ccc(O)cc2)cc1)c1ccc(OC(=O)c2ccc(-c3ccc(O)cc3)cc2)cc1. The van der Waals surface area contributed by atoms with Gasteiger partial charge in [-0.15, -0.1) is 0 Å².